The predicted octanol–water partition coefficient (Wildman–Crippen LogP) is 2.69. The minimum absolute atomic E-state index is 0.364. The van der Waals surface area contributed by atoms with Gasteiger partial charge in [0.1, 0.15) is 5.41 Å². The van der Waals surface area contributed by atoms with Crippen LogP contribution in [-0.2, 0) is 9.59 Å². The molecule has 1 aliphatic rings. The molecule has 2 rings (SSSR count). The highest BCUT2D eigenvalue weighted by Crippen LogP contribution is 2.35. The molecule has 21 heavy (non-hydrogen) atoms. The van der Waals surface area contributed by atoms with Crippen LogP contribution in [0.15, 0.2) is 18.2 Å². The van der Waals surface area contributed by atoms with Crippen LogP contribution < -0.4 is 10.2 Å². The van der Waals surface area contributed by atoms with Crippen LogP contribution in [0.4, 0.5) is 10.5 Å². The summed E-state index contributed by atoms with van der Waals surface area (Å²) in [5.41, 5.74) is 1.41. The van der Waals surface area contributed by atoms with Crippen molar-refractivity contribution in [2.75, 3.05) is 4.90 Å². The standard InChI is InChI=1S/C16H20N2O3/c1-5-16(6-2)13(19)17-15(21)18(14(16)20)12-8-7-10(3)11(4)9-12/h7-9H,5-6H2,1-4H3,(H,17,19,21). The fraction of sp³-hybridized carbons (Fsp3) is 0.438. The Labute approximate surface area is 124 Å². The quantitative estimate of drug-likeness (QED) is 0.870. The number of urea groups is 1. The Bertz CT molecular complexity index is 618. The Morgan fingerprint density at radius 2 is 1.67 bits per heavy atom. The van der Waals surface area contributed by atoms with Gasteiger partial charge >= 0.3 is 6.03 Å². The molecule has 5 nitrogen and oxygen atoms in total. The molecule has 0 bridgehead atoms. The van der Waals surface area contributed by atoms with E-state index in [2.05, 4.69) is 5.32 Å². The lowest BCUT2D eigenvalue weighted by Gasteiger charge is -2.38. The third-order valence-corrected chi connectivity index (χ3v) is 4.43. The Hall–Kier alpha value is -2.17. The highest BCUT2D eigenvalue weighted by molar-refractivity contribution is 6.29. The van der Waals surface area contributed by atoms with E-state index in [0.717, 1.165) is 16.0 Å². The highest BCUT2D eigenvalue weighted by Gasteiger charge is 2.51. The fourth-order valence-electron chi connectivity index (χ4n) is 2.65. The van der Waals surface area contributed by atoms with Crippen LogP contribution in [0, 0.1) is 19.3 Å². The second-order valence-corrected chi connectivity index (χ2v) is 5.46. The molecule has 0 spiro atoms. The van der Waals surface area contributed by atoms with E-state index in [4.69, 9.17) is 0 Å². The Morgan fingerprint density at radius 3 is 2.19 bits per heavy atom. The second kappa shape index (κ2) is 5.31. The molecule has 0 saturated carbocycles. The molecule has 0 unspecified atom stereocenters. The van der Waals surface area contributed by atoms with Gasteiger partial charge < -0.3 is 0 Å². The SMILES string of the molecule is CCC1(CC)C(=O)NC(=O)N(c2ccc(C)c(C)c2)C1=O. The zero-order valence-corrected chi connectivity index (χ0v) is 12.8. The first kappa shape index (κ1) is 15.2. The summed E-state index contributed by atoms with van der Waals surface area (Å²) >= 11 is 0. The zero-order valence-electron chi connectivity index (χ0n) is 12.8. The van der Waals surface area contributed by atoms with Gasteiger partial charge in [0.05, 0.1) is 5.69 Å². The summed E-state index contributed by atoms with van der Waals surface area (Å²) in [4.78, 5) is 38.1. The van der Waals surface area contributed by atoms with Gasteiger partial charge in [0.2, 0.25) is 5.91 Å². The Kier molecular flexibility index (Phi) is 3.85. The third kappa shape index (κ3) is 2.22. The first-order valence-electron chi connectivity index (χ1n) is 7.14. The maximum absolute atomic E-state index is 12.8. The summed E-state index contributed by atoms with van der Waals surface area (Å²) in [5.74, 6) is -0.938. The molecule has 112 valence electrons. The molecule has 4 amide bonds. The summed E-state index contributed by atoms with van der Waals surface area (Å²) in [5, 5.41) is 2.31. The van der Waals surface area contributed by atoms with Gasteiger partial charge in [0, 0.05) is 0 Å². The van der Waals surface area contributed by atoms with Gasteiger partial charge in [-0.1, -0.05) is 19.9 Å². The number of carbonyl (C=O) groups excluding carboxylic acids is 3. The first-order valence-corrected chi connectivity index (χ1v) is 7.14. The summed E-state index contributed by atoms with van der Waals surface area (Å²) in [6.45, 7) is 7.46. The van der Waals surface area contributed by atoms with Crippen molar-refractivity contribution < 1.29 is 14.4 Å². The van der Waals surface area contributed by atoms with Crippen LogP contribution >= 0.6 is 0 Å². The monoisotopic (exact) mass is 288 g/mol. The van der Waals surface area contributed by atoms with Crippen molar-refractivity contribution in [2.45, 2.75) is 40.5 Å². The van der Waals surface area contributed by atoms with Crippen LogP contribution in [0.2, 0.25) is 0 Å². The molecule has 0 aliphatic carbocycles. The minimum Gasteiger partial charge on any atom is -0.276 e. The Morgan fingerprint density at radius 1 is 1.05 bits per heavy atom. The van der Waals surface area contributed by atoms with Gasteiger partial charge in [-0.3, -0.25) is 14.9 Å². The first-order chi connectivity index (χ1) is 9.87. The number of hydrogen-bond donors (Lipinski definition) is 1. The number of benzene rings is 1. The second-order valence-electron chi connectivity index (χ2n) is 5.46. The molecule has 1 aromatic carbocycles. The number of hydrogen-bond acceptors (Lipinski definition) is 3. The molecule has 1 N–H and O–H groups in total. The lowest BCUT2D eigenvalue weighted by Crippen LogP contribution is -2.64. The number of imide groups is 2. The smallest absolute Gasteiger partial charge is 0.276 e. The van der Waals surface area contributed by atoms with Crippen molar-refractivity contribution >= 4 is 23.5 Å². The number of nitrogens with zero attached hydrogens (tertiary/aromatic N) is 1. The topological polar surface area (TPSA) is 66.5 Å². The normalized spacial score (nSPS) is 17.9. The summed E-state index contributed by atoms with van der Waals surface area (Å²) in [6, 6.07) is 4.71. The van der Waals surface area contributed by atoms with Gasteiger partial charge in [-0.15, -0.1) is 0 Å². The molecule has 0 atom stereocenters. The molecule has 1 aliphatic heterocycles. The minimum atomic E-state index is -1.16. The number of anilines is 1. The number of aryl methyl sites for hydroxylation is 2. The van der Waals surface area contributed by atoms with E-state index in [9.17, 15) is 14.4 Å². The van der Waals surface area contributed by atoms with Gasteiger partial charge in [0.15, 0.2) is 0 Å². The van der Waals surface area contributed by atoms with Crippen molar-refractivity contribution in [3.8, 4) is 0 Å². The van der Waals surface area contributed by atoms with E-state index in [1.54, 1.807) is 26.0 Å². The van der Waals surface area contributed by atoms with Crippen molar-refractivity contribution in [1.82, 2.24) is 5.32 Å². The zero-order chi connectivity index (χ0) is 15.8. The van der Waals surface area contributed by atoms with Crippen LogP contribution in [0.3, 0.4) is 0 Å². The number of carbonyl (C=O) groups is 3. The van der Waals surface area contributed by atoms with Crippen molar-refractivity contribution in [2.24, 2.45) is 5.41 Å². The maximum atomic E-state index is 12.8. The van der Waals surface area contributed by atoms with E-state index in [1.807, 2.05) is 19.9 Å². The van der Waals surface area contributed by atoms with E-state index in [-0.39, 0.29) is 0 Å². The molecular weight excluding hydrogens is 268 g/mol. The van der Waals surface area contributed by atoms with E-state index in [0.29, 0.717) is 18.5 Å². The largest absolute Gasteiger partial charge is 0.335 e. The van der Waals surface area contributed by atoms with Crippen LogP contribution in [0.25, 0.3) is 0 Å². The predicted molar refractivity (Wildman–Crippen MR) is 80.0 cm³/mol. The van der Waals surface area contributed by atoms with Crippen LogP contribution in [0.5, 0.6) is 0 Å². The summed E-state index contributed by atoms with van der Waals surface area (Å²) in [6.07, 6.45) is 0.728. The number of amides is 4. The molecule has 0 radical (unpaired) electrons. The molecule has 1 heterocycles. The van der Waals surface area contributed by atoms with Gasteiger partial charge in [-0.2, -0.15) is 0 Å². The van der Waals surface area contributed by atoms with Gasteiger partial charge in [0.25, 0.3) is 5.91 Å². The van der Waals surface area contributed by atoms with Gasteiger partial charge in [-0.25, -0.2) is 9.69 Å². The van der Waals surface area contributed by atoms with E-state index < -0.39 is 23.3 Å². The molecule has 1 saturated heterocycles. The van der Waals surface area contributed by atoms with Crippen LogP contribution in [0.1, 0.15) is 37.8 Å². The van der Waals surface area contributed by atoms with Crippen LogP contribution in [-0.4, -0.2) is 17.8 Å². The molecular formula is C16H20N2O3. The van der Waals surface area contributed by atoms with Crippen molar-refractivity contribution in [3.63, 3.8) is 0 Å². The molecule has 5 heteroatoms. The molecule has 0 aromatic heterocycles. The maximum Gasteiger partial charge on any atom is 0.335 e. The fourth-order valence-corrected chi connectivity index (χ4v) is 2.65. The number of nitrogens with one attached hydrogen (secondary N) is 1. The lowest BCUT2D eigenvalue weighted by atomic mass is 9.78. The average molecular weight is 288 g/mol. The lowest BCUT2D eigenvalue weighted by molar-refractivity contribution is -0.143. The number of rotatable bonds is 3. The van der Waals surface area contributed by atoms with E-state index in [1.165, 1.54) is 0 Å². The number of barbiturate groups is 1. The molecule has 1 aromatic rings. The molecule has 1 fully saturated rings. The van der Waals surface area contributed by atoms with E-state index >= 15 is 0 Å². The van der Waals surface area contributed by atoms with Crippen molar-refractivity contribution in [1.29, 1.82) is 0 Å². The van der Waals surface area contributed by atoms with Crippen molar-refractivity contribution in [3.05, 3.63) is 29.3 Å². The summed E-state index contributed by atoms with van der Waals surface area (Å²) < 4.78 is 0. The third-order valence-electron chi connectivity index (χ3n) is 4.43. The summed E-state index contributed by atoms with van der Waals surface area (Å²) in [7, 11) is 0. The Balaban J connectivity index is 2.51. The highest BCUT2D eigenvalue weighted by atomic mass is 16.2. The average Bonchev–Trinajstić information content (AvgIpc) is 2.44. The van der Waals surface area contributed by atoms with Gasteiger partial charge in [-0.05, 0) is 49.9 Å².